The summed E-state index contributed by atoms with van der Waals surface area (Å²) in [6.45, 7) is 4.51. The Kier molecular flexibility index (Phi) is 2.35. The molecule has 0 aliphatic heterocycles. The minimum absolute atomic E-state index is 0.0920. The molecule has 2 N–H and O–H groups in total. The van der Waals surface area contributed by atoms with Crippen LogP contribution < -0.4 is 0 Å². The lowest BCUT2D eigenvalue weighted by Gasteiger charge is -2.21. The predicted octanol–water partition coefficient (Wildman–Crippen LogP) is 1.67. The van der Waals surface area contributed by atoms with Crippen molar-refractivity contribution in [2.24, 2.45) is 0 Å². The van der Waals surface area contributed by atoms with Gasteiger partial charge in [0.1, 0.15) is 0 Å². The van der Waals surface area contributed by atoms with Crippen molar-refractivity contribution in [1.82, 2.24) is 4.98 Å². The average molecular weight is 153 g/mol. The van der Waals surface area contributed by atoms with Crippen LogP contribution in [0.4, 0.5) is 0 Å². The summed E-state index contributed by atoms with van der Waals surface area (Å²) in [6.07, 6.45) is 4.70. The molecule has 0 unspecified atom stereocenters. The van der Waals surface area contributed by atoms with E-state index >= 15 is 0 Å². The molecule has 0 aromatic carbocycles. The van der Waals surface area contributed by atoms with E-state index in [4.69, 9.17) is 5.11 Å². The predicted molar refractivity (Wildman–Crippen MR) is 45.5 cm³/mol. The number of hydrogen-bond acceptors (Lipinski definition) is 1. The first-order valence-corrected chi connectivity index (χ1v) is 3.91. The number of aromatic nitrogens is 1. The first-order valence-electron chi connectivity index (χ1n) is 3.91. The normalized spacial score (nSPS) is 11.9. The summed E-state index contributed by atoms with van der Waals surface area (Å²) in [5, 5.41) is 8.79. The lowest BCUT2D eigenvalue weighted by Crippen LogP contribution is -2.17. The van der Waals surface area contributed by atoms with Gasteiger partial charge in [-0.15, -0.1) is 0 Å². The Bertz CT molecular complexity index is 201. The highest BCUT2D eigenvalue weighted by Crippen LogP contribution is 2.25. The molecule has 1 aromatic rings. The van der Waals surface area contributed by atoms with Gasteiger partial charge in [-0.3, -0.25) is 0 Å². The third-order valence-corrected chi connectivity index (χ3v) is 2.12. The van der Waals surface area contributed by atoms with Crippen molar-refractivity contribution >= 4 is 0 Å². The summed E-state index contributed by atoms with van der Waals surface area (Å²) in [4.78, 5) is 3.01. The number of aliphatic hydroxyl groups excluding tert-OH is 1. The molecule has 0 aliphatic rings. The summed E-state index contributed by atoms with van der Waals surface area (Å²) >= 11 is 0. The molecule has 0 bridgehead atoms. The van der Waals surface area contributed by atoms with Gasteiger partial charge in [0.2, 0.25) is 0 Å². The van der Waals surface area contributed by atoms with Gasteiger partial charge in [-0.05, 0) is 23.5 Å². The van der Waals surface area contributed by atoms with Gasteiger partial charge >= 0.3 is 0 Å². The maximum absolute atomic E-state index is 8.79. The summed E-state index contributed by atoms with van der Waals surface area (Å²) in [6, 6.07) is 2.05. The van der Waals surface area contributed by atoms with E-state index in [9.17, 15) is 0 Å². The van der Waals surface area contributed by atoms with Gasteiger partial charge in [-0.25, -0.2) is 0 Å². The first-order chi connectivity index (χ1) is 5.17. The molecule has 0 atom stereocenters. The van der Waals surface area contributed by atoms with Crippen molar-refractivity contribution in [3.05, 3.63) is 24.0 Å². The van der Waals surface area contributed by atoms with Crippen LogP contribution in [0.15, 0.2) is 18.5 Å². The van der Waals surface area contributed by atoms with Crippen LogP contribution in [0.25, 0.3) is 0 Å². The fraction of sp³-hybridized carbons (Fsp3) is 0.556. The van der Waals surface area contributed by atoms with E-state index < -0.39 is 0 Å². The minimum atomic E-state index is 0.0920. The monoisotopic (exact) mass is 153 g/mol. The SMILES string of the molecule is CC(C)(CCO)c1cc[nH]c1. The molecule has 2 nitrogen and oxygen atoms in total. The Morgan fingerprint density at radius 1 is 1.55 bits per heavy atom. The highest BCUT2D eigenvalue weighted by Gasteiger charge is 2.19. The van der Waals surface area contributed by atoms with Gasteiger partial charge in [0.15, 0.2) is 0 Å². The van der Waals surface area contributed by atoms with Gasteiger partial charge in [-0.2, -0.15) is 0 Å². The Morgan fingerprint density at radius 2 is 2.27 bits per heavy atom. The Morgan fingerprint density at radius 3 is 2.73 bits per heavy atom. The zero-order chi connectivity index (χ0) is 8.32. The molecule has 0 saturated carbocycles. The van der Waals surface area contributed by atoms with Gasteiger partial charge in [-0.1, -0.05) is 13.8 Å². The zero-order valence-electron chi connectivity index (χ0n) is 7.09. The second kappa shape index (κ2) is 3.09. The van der Waals surface area contributed by atoms with Gasteiger partial charge in [0, 0.05) is 19.0 Å². The van der Waals surface area contributed by atoms with E-state index in [1.54, 1.807) is 0 Å². The third-order valence-electron chi connectivity index (χ3n) is 2.12. The Balaban J connectivity index is 2.73. The van der Waals surface area contributed by atoms with Crippen molar-refractivity contribution in [3.63, 3.8) is 0 Å². The van der Waals surface area contributed by atoms with Crippen LogP contribution in [0.5, 0.6) is 0 Å². The number of H-pyrrole nitrogens is 1. The van der Waals surface area contributed by atoms with Crippen LogP contribution >= 0.6 is 0 Å². The van der Waals surface area contributed by atoms with E-state index in [0.717, 1.165) is 6.42 Å². The topological polar surface area (TPSA) is 36.0 Å². The molecule has 0 radical (unpaired) electrons. The molecule has 0 fully saturated rings. The van der Waals surface area contributed by atoms with Gasteiger partial charge in [0.25, 0.3) is 0 Å². The highest BCUT2D eigenvalue weighted by atomic mass is 16.3. The molecule has 11 heavy (non-hydrogen) atoms. The molecular formula is C9H15NO. The molecule has 1 rings (SSSR count). The van der Waals surface area contributed by atoms with E-state index in [1.807, 2.05) is 12.4 Å². The molecule has 0 saturated heterocycles. The number of nitrogens with one attached hydrogen (secondary N) is 1. The molecule has 62 valence electrons. The number of hydrogen-bond donors (Lipinski definition) is 2. The second-order valence-corrected chi connectivity index (χ2v) is 3.46. The molecule has 0 amide bonds. The van der Waals surface area contributed by atoms with Gasteiger partial charge in [0.05, 0.1) is 0 Å². The van der Waals surface area contributed by atoms with Crippen molar-refractivity contribution < 1.29 is 5.11 Å². The van der Waals surface area contributed by atoms with Crippen molar-refractivity contribution in [1.29, 1.82) is 0 Å². The fourth-order valence-corrected chi connectivity index (χ4v) is 1.17. The maximum Gasteiger partial charge on any atom is 0.0439 e. The second-order valence-electron chi connectivity index (χ2n) is 3.46. The first kappa shape index (κ1) is 8.34. The smallest absolute Gasteiger partial charge is 0.0439 e. The molecule has 1 heterocycles. The van der Waals surface area contributed by atoms with Crippen molar-refractivity contribution in [2.45, 2.75) is 25.7 Å². The molecule has 0 aliphatic carbocycles. The van der Waals surface area contributed by atoms with Crippen molar-refractivity contribution in [2.75, 3.05) is 6.61 Å². The number of aromatic amines is 1. The molecule has 0 spiro atoms. The average Bonchev–Trinajstić information content (AvgIpc) is 2.37. The molecule has 1 aromatic heterocycles. The Hall–Kier alpha value is -0.760. The van der Waals surface area contributed by atoms with E-state index in [2.05, 4.69) is 24.9 Å². The third kappa shape index (κ3) is 1.84. The van der Waals surface area contributed by atoms with E-state index in [1.165, 1.54) is 5.56 Å². The highest BCUT2D eigenvalue weighted by molar-refractivity contribution is 5.19. The quantitative estimate of drug-likeness (QED) is 0.681. The Labute approximate surface area is 67.3 Å². The molecule has 2 heteroatoms. The van der Waals surface area contributed by atoms with Gasteiger partial charge < -0.3 is 10.1 Å². The van der Waals surface area contributed by atoms with Crippen LogP contribution in [0.3, 0.4) is 0 Å². The van der Waals surface area contributed by atoms with E-state index in [-0.39, 0.29) is 12.0 Å². The standard InChI is InChI=1S/C9H15NO/c1-9(2,4-6-11)8-3-5-10-7-8/h3,5,7,10-11H,4,6H2,1-2H3. The molecular weight excluding hydrogens is 138 g/mol. The van der Waals surface area contributed by atoms with Crippen LogP contribution in [0, 0.1) is 0 Å². The maximum atomic E-state index is 8.79. The summed E-state index contributed by atoms with van der Waals surface area (Å²) in [5.41, 5.74) is 1.35. The van der Waals surface area contributed by atoms with Crippen LogP contribution in [0.1, 0.15) is 25.8 Å². The number of aliphatic hydroxyl groups is 1. The largest absolute Gasteiger partial charge is 0.396 e. The van der Waals surface area contributed by atoms with Crippen LogP contribution in [-0.2, 0) is 5.41 Å². The van der Waals surface area contributed by atoms with Crippen molar-refractivity contribution in [3.8, 4) is 0 Å². The lowest BCUT2D eigenvalue weighted by molar-refractivity contribution is 0.252. The van der Waals surface area contributed by atoms with Crippen LogP contribution in [0.2, 0.25) is 0 Å². The summed E-state index contributed by atoms with van der Waals surface area (Å²) in [5.74, 6) is 0. The summed E-state index contributed by atoms with van der Waals surface area (Å²) in [7, 11) is 0. The minimum Gasteiger partial charge on any atom is -0.396 e. The fourth-order valence-electron chi connectivity index (χ4n) is 1.17. The van der Waals surface area contributed by atoms with Crippen LogP contribution in [-0.4, -0.2) is 16.7 Å². The zero-order valence-corrected chi connectivity index (χ0v) is 7.09. The summed E-state index contributed by atoms with van der Waals surface area (Å²) < 4.78 is 0. The lowest BCUT2D eigenvalue weighted by atomic mass is 9.84. The number of rotatable bonds is 3. The van der Waals surface area contributed by atoms with E-state index in [0.29, 0.717) is 0 Å².